The van der Waals surface area contributed by atoms with Crippen LogP contribution >= 0.6 is 0 Å². The third-order valence-corrected chi connectivity index (χ3v) is 2.68. The van der Waals surface area contributed by atoms with Crippen molar-refractivity contribution in [3.63, 3.8) is 0 Å². The van der Waals surface area contributed by atoms with Gasteiger partial charge in [0.25, 0.3) is 0 Å². The molecule has 0 saturated heterocycles. The molecule has 72 valence electrons. The lowest BCUT2D eigenvalue weighted by Gasteiger charge is -2.34. The van der Waals surface area contributed by atoms with Crippen molar-refractivity contribution in [2.45, 2.75) is 27.7 Å². The van der Waals surface area contributed by atoms with E-state index < -0.39 is 0 Å². The molecule has 4 nitrogen and oxygen atoms in total. The molecule has 0 amide bonds. The van der Waals surface area contributed by atoms with Crippen LogP contribution in [0.3, 0.4) is 0 Å². The lowest BCUT2D eigenvalue weighted by Crippen LogP contribution is -2.47. The van der Waals surface area contributed by atoms with Crippen molar-refractivity contribution >= 4 is 0 Å². The van der Waals surface area contributed by atoms with E-state index in [9.17, 15) is 0 Å². The summed E-state index contributed by atoms with van der Waals surface area (Å²) in [5.41, 5.74) is 13.5. The first kappa shape index (κ1) is 13.8. The Balaban J connectivity index is 0. The van der Waals surface area contributed by atoms with Crippen LogP contribution in [0, 0.1) is 0 Å². The molecule has 0 unspecified atom stereocenters. The van der Waals surface area contributed by atoms with Crippen molar-refractivity contribution < 1.29 is 4.48 Å². The molecule has 0 aliphatic rings. The van der Waals surface area contributed by atoms with Crippen molar-refractivity contribution in [3.8, 4) is 0 Å². The second-order valence-corrected chi connectivity index (χ2v) is 2.70. The summed E-state index contributed by atoms with van der Waals surface area (Å²) in [6, 6.07) is 0. The summed E-state index contributed by atoms with van der Waals surface area (Å²) in [6.45, 7) is 14.2. The predicted octanol–water partition coefficient (Wildman–Crippen LogP) is 2.75. The van der Waals surface area contributed by atoms with Crippen molar-refractivity contribution in [2.75, 3.05) is 26.2 Å². The van der Waals surface area contributed by atoms with E-state index in [1.54, 1.807) is 0 Å². The van der Waals surface area contributed by atoms with Gasteiger partial charge in [0, 0.05) is 0 Å². The molecular formula is C8H20N4. The van der Waals surface area contributed by atoms with E-state index in [1.165, 1.54) is 35.6 Å². The van der Waals surface area contributed by atoms with E-state index in [-0.39, 0.29) is 0 Å². The fourth-order valence-corrected chi connectivity index (χ4v) is 1.34. The van der Waals surface area contributed by atoms with Crippen LogP contribution in [0.1, 0.15) is 27.7 Å². The molecule has 12 heavy (non-hydrogen) atoms. The first-order valence-electron chi connectivity index (χ1n) is 4.49. The molecule has 0 aromatic heterocycles. The highest BCUT2D eigenvalue weighted by Crippen LogP contribution is 2.03. The van der Waals surface area contributed by atoms with Gasteiger partial charge in [-0.1, -0.05) is 0 Å². The van der Waals surface area contributed by atoms with E-state index in [0.717, 1.165) is 0 Å². The average molecular weight is 172 g/mol. The number of rotatable bonds is 4. The minimum atomic E-state index is 1.28. The molecule has 0 bridgehead atoms. The summed E-state index contributed by atoms with van der Waals surface area (Å²) in [5.74, 6) is 0. The minimum Gasteiger partial charge on any atom is -0.373 e. The van der Waals surface area contributed by atoms with Crippen molar-refractivity contribution in [1.82, 2.24) is 0 Å². The Morgan fingerprint density at radius 1 is 0.833 bits per heavy atom. The highest BCUT2D eigenvalue weighted by molar-refractivity contribution is 4.36. The summed E-state index contributed by atoms with van der Waals surface area (Å²) in [5, 5.41) is 0. The van der Waals surface area contributed by atoms with Crippen LogP contribution in [-0.2, 0) is 0 Å². The third-order valence-electron chi connectivity index (χ3n) is 2.68. The summed E-state index contributed by atoms with van der Waals surface area (Å²) in [7, 11) is 0. The van der Waals surface area contributed by atoms with Gasteiger partial charge in [-0.3, -0.25) is 4.91 Å². The highest BCUT2D eigenvalue weighted by atomic mass is 15.3. The van der Waals surface area contributed by atoms with Crippen LogP contribution < -0.4 is 0 Å². The van der Waals surface area contributed by atoms with Gasteiger partial charge in [0.05, 0.1) is 26.2 Å². The first-order chi connectivity index (χ1) is 5.66. The fourth-order valence-electron chi connectivity index (χ4n) is 1.34. The molecular weight excluding hydrogens is 152 g/mol. The Bertz CT molecular complexity index is 106. The molecule has 0 heterocycles. The Labute approximate surface area is 75.2 Å². The standard InChI is InChI=1S/C8H20N.N3/c1-5-9(6-2,7-3)8-4;1-3-2/h5-8H2,1-4H3;/q+1;-1. The number of nitrogens with zero attached hydrogens (tertiary/aromatic N) is 4. The second-order valence-electron chi connectivity index (χ2n) is 2.70. The van der Waals surface area contributed by atoms with Gasteiger partial charge in [-0.05, 0) is 27.7 Å². The van der Waals surface area contributed by atoms with E-state index in [4.69, 9.17) is 11.1 Å². The molecule has 0 aromatic carbocycles. The SMILES string of the molecule is CC[N+](CC)(CC)CC.[N-]=[N+]=[N-]. The smallest absolute Gasteiger partial charge is 0.0757 e. The number of quaternary nitrogens is 1. The molecule has 0 aromatic rings. The van der Waals surface area contributed by atoms with Crippen molar-refractivity contribution in [2.24, 2.45) is 0 Å². The summed E-state index contributed by atoms with van der Waals surface area (Å²) < 4.78 is 1.28. The van der Waals surface area contributed by atoms with Crippen molar-refractivity contribution in [3.05, 3.63) is 16.0 Å². The van der Waals surface area contributed by atoms with E-state index in [2.05, 4.69) is 27.7 Å². The molecule has 0 aliphatic carbocycles. The molecule has 0 rings (SSSR count). The third kappa shape index (κ3) is 4.99. The first-order valence-corrected chi connectivity index (χ1v) is 4.49. The average Bonchev–Trinajstić information content (AvgIpc) is 2.11. The summed E-state index contributed by atoms with van der Waals surface area (Å²) >= 11 is 0. The van der Waals surface area contributed by atoms with Crippen LogP contribution in [-0.4, -0.2) is 30.7 Å². The highest BCUT2D eigenvalue weighted by Gasteiger charge is 2.16. The van der Waals surface area contributed by atoms with E-state index in [0.29, 0.717) is 0 Å². The van der Waals surface area contributed by atoms with Gasteiger partial charge in [-0.15, -0.1) is 0 Å². The Hall–Kier alpha value is -0.730. The van der Waals surface area contributed by atoms with Gasteiger partial charge >= 0.3 is 0 Å². The van der Waals surface area contributed by atoms with E-state index in [1.807, 2.05) is 0 Å². The van der Waals surface area contributed by atoms with Crippen LogP contribution in [0.2, 0.25) is 0 Å². The summed E-state index contributed by atoms with van der Waals surface area (Å²) in [6.07, 6.45) is 0. The molecule has 0 fully saturated rings. The Morgan fingerprint density at radius 2 is 1.00 bits per heavy atom. The molecule has 0 saturated carbocycles. The largest absolute Gasteiger partial charge is 0.373 e. The van der Waals surface area contributed by atoms with Gasteiger partial charge in [0.1, 0.15) is 0 Å². The van der Waals surface area contributed by atoms with Gasteiger partial charge in [-0.25, -0.2) is 0 Å². The molecule has 0 N–H and O–H groups in total. The maximum absolute atomic E-state index is 6.75. The van der Waals surface area contributed by atoms with Gasteiger partial charge in [-0.2, -0.15) is 0 Å². The lowest BCUT2D eigenvalue weighted by atomic mass is 10.3. The Kier molecular flexibility index (Phi) is 9.65. The zero-order chi connectivity index (χ0) is 10.0. The van der Waals surface area contributed by atoms with Gasteiger partial charge in [0.15, 0.2) is 0 Å². The van der Waals surface area contributed by atoms with Gasteiger partial charge in [0.2, 0.25) is 0 Å². The maximum Gasteiger partial charge on any atom is 0.0757 e. The molecule has 4 heteroatoms. The Morgan fingerprint density at radius 3 is 1.00 bits per heavy atom. The lowest BCUT2D eigenvalue weighted by molar-refractivity contribution is -0.921. The zero-order valence-corrected chi connectivity index (χ0v) is 8.62. The van der Waals surface area contributed by atoms with Crippen molar-refractivity contribution in [1.29, 1.82) is 0 Å². The second kappa shape index (κ2) is 8.37. The monoisotopic (exact) mass is 172 g/mol. The normalized spacial score (nSPS) is 9.67. The quantitative estimate of drug-likeness (QED) is 0.271. The van der Waals surface area contributed by atoms with Gasteiger partial charge < -0.3 is 15.5 Å². The zero-order valence-electron chi connectivity index (χ0n) is 8.62. The minimum absolute atomic E-state index is 1.28. The maximum atomic E-state index is 6.75. The van der Waals surface area contributed by atoms with Crippen LogP contribution in [0.5, 0.6) is 0 Å². The molecule has 0 aliphatic heterocycles. The topological polar surface area (TPSA) is 58.7 Å². The summed E-state index contributed by atoms with van der Waals surface area (Å²) in [4.78, 5) is 1.50. The van der Waals surface area contributed by atoms with Crippen LogP contribution in [0.25, 0.3) is 16.0 Å². The molecule has 0 atom stereocenters. The number of hydrogen-bond donors (Lipinski definition) is 0. The molecule has 0 spiro atoms. The molecule has 0 radical (unpaired) electrons. The predicted molar refractivity (Wildman–Crippen MR) is 52.5 cm³/mol. The van der Waals surface area contributed by atoms with E-state index >= 15 is 0 Å². The fraction of sp³-hybridized carbons (Fsp3) is 1.00. The van der Waals surface area contributed by atoms with Crippen LogP contribution in [0.4, 0.5) is 0 Å². The number of hydrogen-bond acceptors (Lipinski definition) is 0. The van der Waals surface area contributed by atoms with Crippen LogP contribution in [0.15, 0.2) is 0 Å².